The fourth-order valence-electron chi connectivity index (χ4n) is 3.77. The molecule has 0 aliphatic rings. The zero-order valence-electron chi connectivity index (χ0n) is 20.8. The van der Waals surface area contributed by atoms with Crippen molar-refractivity contribution in [1.29, 1.82) is 0 Å². The van der Waals surface area contributed by atoms with Crippen LogP contribution in [0.1, 0.15) is 11.1 Å². The van der Waals surface area contributed by atoms with Gasteiger partial charge in [0.2, 0.25) is 0 Å². The maximum Gasteiger partial charge on any atom is -0.0226 e. The van der Waals surface area contributed by atoms with Crippen LogP contribution in [0.25, 0.3) is 0 Å². The Morgan fingerprint density at radius 3 is 1.30 bits per heavy atom. The minimum absolute atomic E-state index is 0.106. The minimum Gasteiger partial charge on any atom is -0.0622 e. The van der Waals surface area contributed by atoms with Crippen molar-refractivity contribution in [2.75, 3.05) is 0 Å². The second-order valence-electron chi connectivity index (χ2n) is 8.13. The molecule has 37 heavy (non-hydrogen) atoms. The van der Waals surface area contributed by atoms with Crippen molar-refractivity contribution in [3.8, 4) is 0 Å². The molecule has 5 aromatic rings. The average Bonchev–Trinajstić information content (AvgIpc) is 2.94. The summed E-state index contributed by atoms with van der Waals surface area (Å²) in [4.78, 5) is 0. The summed E-state index contributed by atoms with van der Waals surface area (Å²) in [5.74, 6) is 0. The number of rotatable bonds is 5. The third kappa shape index (κ3) is 9.79. The van der Waals surface area contributed by atoms with E-state index in [9.17, 15) is 0 Å². The first-order valence-corrected chi connectivity index (χ1v) is 18.1. The van der Waals surface area contributed by atoms with Gasteiger partial charge in [-0.1, -0.05) is 148 Å². The molecule has 192 valence electrons. The van der Waals surface area contributed by atoms with Crippen molar-refractivity contribution in [2.24, 2.45) is 0 Å². The van der Waals surface area contributed by atoms with E-state index < -0.39 is 7.92 Å². The van der Waals surface area contributed by atoms with E-state index in [-0.39, 0.29) is 15.9 Å². The maximum atomic E-state index is 4.81. The second kappa shape index (κ2) is 16.9. The van der Waals surface area contributed by atoms with E-state index in [1.54, 1.807) is 0 Å². The van der Waals surface area contributed by atoms with Crippen LogP contribution in [0.5, 0.6) is 0 Å². The molecule has 0 N–H and O–H groups in total. The molecule has 5 rings (SSSR count). The summed E-state index contributed by atoms with van der Waals surface area (Å²) in [6.45, 7) is 4.44. The van der Waals surface area contributed by atoms with Gasteiger partial charge in [0.25, 0.3) is 0 Å². The molecule has 0 bridgehead atoms. The van der Waals surface area contributed by atoms with Gasteiger partial charge in [0.15, 0.2) is 0 Å². The molecule has 0 heterocycles. The van der Waals surface area contributed by atoms with E-state index in [2.05, 4.69) is 153 Å². The summed E-state index contributed by atoms with van der Waals surface area (Å²) < 4.78 is 0. The molecule has 0 aliphatic carbocycles. The topological polar surface area (TPSA) is 0 Å². The Labute approximate surface area is 241 Å². The second-order valence-corrected chi connectivity index (χ2v) is 14.1. The molecule has 0 spiro atoms. The Bertz CT molecular complexity index is 1230. The van der Waals surface area contributed by atoms with Crippen molar-refractivity contribution in [3.63, 3.8) is 0 Å². The van der Waals surface area contributed by atoms with Gasteiger partial charge >= 0.3 is 35.0 Å². The van der Waals surface area contributed by atoms with Crippen molar-refractivity contribution in [2.45, 2.75) is 13.8 Å². The minimum atomic E-state index is -0.483. The summed E-state index contributed by atoms with van der Waals surface area (Å²) >= 11 is -0.106. The van der Waals surface area contributed by atoms with E-state index in [1.807, 2.05) is 0 Å². The van der Waals surface area contributed by atoms with Crippen molar-refractivity contribution in [3.05, 3.63) is 151 Å². The van der Waals surface area contributed by atoms with Gasteiger partial charge in [0, 0.05) is 0 Å². The molecule has 0 nitrogen and oxygen atoms in total. The van der Waals surface area contributed by atoms with E-state index in [0.29, 0.717) is 0 Å². The zero-order valence-corrected chi connectivity index (χ0v) is 25.8. The van der Waals surface area contributed by atoms with Gasteiger partial charge in [0.1, 0.15) is 0 Å². The first-order chi connectivity index (χ1) is 18.1. The van der Waals surface area contributed by atoms with Crippen molar-refractivity contribution in [1.82, 2.24) is 0 Å². The average molecular weight is 654 g/mol. The van der Waals surface area contributed by atoms with Gasteiger partial charge in [-0.25, -0.2) is 0 Å². The van der Waals surface area contributed by atoms with Gasteiger partial charge in [-0.3, -0.25) is 0 Å². The zero-order chi connectivity index (χ0) is 26.3. The SMILES string of the molecule is Cc1cccc(P(c2ccccc2)c2ccccc2)c1C.[Cl][Pd][Cl].c1ccc(Pc2ccccc2)cc1. The fraction of sp³-hybridized carbons (Fsp3) is 0.0625. The monoisotopic (exact) mass is 652 g/mol. The number of aryl methyl sites for hydroxylation is 1. The number of hydrogen-bond acceptors (Lipinski definition) is 0. The molecule has 5 aromatic carbocycles. The van der Waals surface area contributed by atoms with Crippen LogP contribution in [0.15, 0.2) is 140 Å². The molecular weight excluding hydrogens is 624 g/mol. The third-order valence-corrected chi connectivity index (χ3v) is 9.52. The largest absolute Gasteiger partial charge is 0.0622 e. The van der Waals surface area contributed by atoms with E-state index in [4.69, 9.17) is 19.1 Å². The third-order valence-electron chi connectivity index (χ3n) is 5.68. The molecule has 0 saturated carbocycles. The van der Waals surface area contributed by atoms with Gasteiger partial charge < -0.3 is 0 Å². The molecule has 5 heteroatoms. The normalized spacial score (nSPS) is 10.2. The van der Waals surface area contributed by atoms with Crippen molar-refractivity contribution < 1.29 is 15.9 Å². The van der Waals surface area contributed by atoms with Crippen LogP contribution < -0.4 is 26.5 Å². The molecule has 0 atom stereocenters. The number of hydrogen-bond donors (Lipinski definition) is 0. The van der Waals surface area contributed by atoms with Gasteiger partial charge in [0.05, 0.1) is 0 Å². The number of benzene rings is 5. The first-order valence-electron chi connectivity index (χ1n) is 11.8. The van der Waals surface area contributed by atoms with E-state index >= 15 is 0 Å². The molecule has 0 aliphatic heterocycles. The quantitative estimate of drug-likeness (QED) is 0.134. The molecular formula is C32H30Cl2P2Pd. The first kappa shape index (κ1) is 29.8. The molecule has 0 unspecified atom stereocenters. The summed E-state index contributed by atoms with van der Waals surface area (Å²) in [6.07, 6.45) is 0. The molecule has 0 amide bonds. The van der Waals surface area contributed by atoms with Crippen LogP contribution in [0.4, 0.5) is 0 Å². The molecule has 0 fully saturated rings. The predicted molar refractivity (Wildman–Crippen MR) is 167 cm³/mol. The van der Waals surface area contributed by atoms with Crippen LogP contribution in [-0.4, -0.2) is 0 Å². The maximum absolute atomic E-state index is 4.81. The molecule has 0 radical (unpaired) electrons. The van der Waals surface area contributed by atoms with Gasteiger partial charge in [-0.15, -0.1) is 0 Å². The van der Waals surface area contributed by atoms with Crippen LogP contribution in [-0.2, 0) is 15.9 Å². The summed E-state index contributed by atoms with van der Waals surface area (Å²) in [5.41, 5.74) is 2.78. The van der Waals surface area contributed by atoms with Crippen LogP contribution >= 0.6 is 35.6 Å². The molecule has 0 saturated heterocycles. The van der Waals surface area contributed by atoms with Crippen LogP contribution in [0.3, 0.4) is 0 Å². The van der Waals surface area contributed by atoms with Crippen LogP contribution in [0, 0.1) is 13.8 Å². The Morgan fingerprint density at radius 1 is 0.514 bits per heavy atom. The van der Waals surface area contributed by atoms with E-state index in [0.717, 1.165) is 8.58 Å². The van der Waals surface area contributed by atoms with Gasteiger partial charge in [-0.05, 0) is 59.4 Å². The van der Waals surface area contributed by atoms with Crippen molar-refractivity contribution >= 4 is 62.1 Å². The summed E-state index contributed by atoms with van der Waals surface area (Å²) in [5, 5.41) is 7.07. The Kier molecular flexibility index (Phi) is 13.6. The van der Waals surface area contributed by atoms with Crippen LogP contribution in [0.2, 0.25) is 0 Å². The number of halogens is 2. The standard InChI is InChI=1S/C20H19P.C12H11P.2ClH.Pd/c1-16-10-9-15-20(17(16)2)21(18-11-5-3-6-12-18)19-13-7-4-8-14-19;1-3-7-11(8-4-1)13-12-9-5-2-6-10-12;;;/h3-15H,1-2H3;1-10,13H;2*1H;/q;;;;+2/p-2. The Hall–Kier alpha value is -1.80. The smallest absolute Gasteiger partial charge is 0.0226 e. The Balaban J connectivity index is 0.000000203. The predicted octanol–water partition coefficient (Wildman–Crippen LogP) is 7.75. The molecule has 0 aromatic heterocycles. The fourth-order valence-corrected chi connectivity index (χ4v) is 7.36. The van der Waals surface area contributed by atoms with Gasteiger partial charge in [-0.2, -0.15) is 0 Å². The summed E-state index contributed by atoms with van der Waals surface area (Å²) in [6, 6.07) is 49.5. The summed E-state index contributed by atoms with van der Waals surface area (Å²) in [7, 11) is 9.92. The van der Waals surface area contributed by atoms with E-state index in [1.165, 1.54) is 37.6 Å². The Morgan fingerprint density at radius 2 is 0.892 bits per heavy atom.